The highest BCUT2D eigenvalue weighted by Crippen LogP contribution is 2.29. The molecule has 0 aromatic heterocycles. The zero-order chi connectivity index (χ0) is 13.9. The second-order valence-corrected chi connectivity index (χ2v) is 9.03. The molecule has 3 radical (unpaired) electrons. The van der Waals surface area contributed by atoms with Gasteiger partial charge in [0, 0.05) is 26.0 Å². The molecule has 0 spiro atoms. The molecule has 0 saturated carbocycles. The predicted molar refractivity (Wildman–Crippen MR) is 83.9 cm³/mol. The highest BCUT2D eigenvalue weighted by molar-refractivity contribution is 8.26. The van der Waals surface area contributed by atoms with Gasteiger partial charge in [0.25, 0.3) is 0 Å². The summed E-state index contributed by atoms with van der Waals surface area (Å²) in [5, 5.41) is 0. The van der Waals surface area contributed by atoms with Crippen molar-refractivity contribution >= 4 is 19.2 Å². The quantitative estimate of drug-likeness (QED) is 0.517. The van der Waals surface area contributed by atoms with E-state index in [1.807, 2.05) is 20.8 Å². The Morgan fingerprint density at radius 1 is 0.895 bits per heavy atom. The van der Waals surface area contributed by atoms with Crippen LogP contribution in [0, 0.1) is 5.92 Å². The Kier molecular flexibility index (Phi) is 15.3. The molecule has 0 aliphatic carbocycles. The summed E-state index contributed by atoms with van der Waals surface area (Å²) in [7, 11) is -2.49. The topological polar surface area (TPSA) is 58.2 Å². The number of rotatable bonds is 12. The van der Waals surface area contributed by atoms with Crippen molar-refractivity contribution in [3.05, 3.63) is 0 Å². The third-order valence-corrected chi connectivity index (χ3v) is 8.27. The van der Waals surface area contributed by atoms with E-state index in [4.69, 9.17) is 13.3 Å². The third kappa shape index (κ3) is 9.04. The van der Waals surface area contributed by atoms with E-state index in [9.17, 15) is 0 Å². The van der Waals surface area contributed by atoms with Crippen LogP contribution >= 0.6 is 11.2 Å². The van der Waals surface area contributed by atoms with Gasteiger partial charge in [0.15, 0.2) is 0 Å². The molecule has 1 atom stereocenters. The molecule has 1 unspecified atom stereocenters. The van der Waals surface area contributed by atoms with Crippen LogP contribution in [-0.4, -0.2) is 33.5 Å². The Morgan fingerprint density at radius 2 is 1.37 bits per heavy atom. The van der Waals surface area contributed by atoms with Gasteiger partial charge in [0.2, 0.25) is 0 Å². The van der Waals surface area contributed by atoms with Crippen molar-refractivity contribution in [1.29, 1.82) is 0 Å². The summed E-state index contributed by atoms with van der Waals surface area (Å²) in [6, 6.07) is 0. The molecule has 0 aliphatic heterocycles. The van der Waals surface area contributed by atoms with Gasteiger partial charge in [-0.05, 0) is 38.9 Å². The zero-order valence-electron chi connectivity index (χ0n) is 13.1. The molecule has 0 aromatic carbocycles. The Hall–Kier alpha value is 0.407. The summed E-state index contributed by atoms with van der Waals surface area (Å²) in [5.74, 6) is 1.82. The molecule has 0 aliphatic rings. The zero-order valence-corrected chi connectivity index (χ0v) is 14.9. The van der Waals surface area contributed by atoms with E-state index in [2.05, 4.69) is 13.8 Å². The van der Waals surface area contributed by atoms with Crippen LogP contribution in [0.15, 0.2) is 0 Å². The number of nitrogens with zero attached hydrogens (tertiary/aromatic N) is 1. The molecular weight excluding hydrogens is 278 g/mol. The lowest BCUT2D eigenvalue weighted by molar-refractivity contribution is 0.0965. The lowest BCUT2D eigenvalue weighted by Gasteiger charge is -2.28. The maximum atomic E-state index is 5.84. The van der Waals surface area contributed by atoms with Gasteiger partial charge < -0.3 is 13.3 Å². The van der Waals surface area contributed by atoms with Gasteiger partial charge >= 0.3 is 7.95 Å². The highest BCUT2D eigenvalue weighted by Gasteiger charge is 2.42. The van der Waals surface area contributed by atoms with Gasteiger partial charge in [-0.2, -0.15) is 0 Å². The van der Waals surface area contributed by atoms with Crippen LogP contribution in [0.3, 0.4) is 0 Å². The number of hydrogen-bond acceptors (Lipinski definition) is 4. The average Bonchev–Trinajstić information content (AvgIpc) is 2.35. The van der Waals surface area contributed by atoms with Crippen molar-refractivity contribution in [2.75, 3.05) is 25.6 Å². The fourth-order valence-corrected chi connectivity index (χ4v) is 7.35. The van der Waals surface area contributed by atoms with Crippen LogP contribution in [0.1, 0.15) is 53.9 Å². The third-order valence-electron chi connectivity index (χ3n) is 2.73. The maximum Gasteiger partial charge on any atom is 0.573 e. The Bertz CT molecular complexity index is 182. The van der Waals surface area contributed by atoms with Gasteiger partial charge in [0.1, 0.15) is 0 Å². The van der Waals surface area contributed by atoms with E-state index >= 15 is 0 Å². The molecule has 0 fully saturated rings. The fraction of sp³-hybridized carbons (Fsp3) is 1.00. The minimum Gasteiger partial charge on any atom is -0.366 e. The van der Waals surface area contributed by atoms with Crippen molar-refractivity contribution in [3.63, 3.8) is 0 Å². The van der Waals surface area contributed by atoms with Crippen LogP contribution in [0.4, 0.5) is 0 Å². The molecule has 115 valence electrons. The largest absolute Gasteiger partial charge is 0.573 e. The first kappa shape index (κ1) is 21.7. The molecule has 19 heavy (non-hydrogen) atoms. The minimum absolute atomic E-state index is 0. The fourth-order valence-electron chi connectivity index (χ4n) is 1.81. The summed E-state index contributed by atoms with van der Waals surface area (Å²) < 4.78 is 17.5. The summed E-state index contributed by atoms with van der Waals surface area (Å²) in [4.78, 5) is 0. The second-order valence-electron chi connectivity index (χ2n) is 4.17. The molecule has 6 heteroatoms. The molecule has 0 aromatic rings. The van der Waals surface area contributed by atoms with E-state index in [-0.39, 0.29) is 6.15 Å². The molecule has 0 amide bonds. The van der Waals surface area contributed by atoms with Crippen molar-refractivity contribution < 1.29 is 13.3 Å². The Labute approximate surface area is 124 Å². The summed E-state index contributed by atoms with van der Waals surface area (Å²) in [5.41, 5.74) is 0. The monoisotopic (exact) mass is 308 g/mol. The van der Waals surface area contributed by atoms with E-state index in [0.717, 1.165) is 11.7 Å². The van der Waals surface area contributed by atoms with E-state index < -0.39 is 7.95 Å². The summed E-state index contributed by atoms with van der Waals surface area (Å²) >= 11 is 1.79. The van der Waals surface area contributed by atoms with Crippen molar-refractivity contribution in [2.45, 2.75) is 53.9 Å². The predicted octanol–water partition coefficient (Wildman–Crippen LogP) is 3.61. The maximum absolute atomic E-state index is 5.84. The molecule has 4 nitrogen and oxygen atoms in total. The lowest BCUT2D eigenvalue weighted by Crippen LogP contribution is -2.43. The van der Waals surface area contributed by atoms with E-state index in [0.29, 0.717) is 19.8 Å². The van der Waals surface area contributed by atoms with Gasteiger partial charge in [-0.15, -0.1) is 0 Å². The van der Waals surface area contributed by atoms with Crippen LogP contribution in [0.25, 0.3) is 0 Å². The Morgan fingerprint density at radius 3 is 1.68 bits per heavy atom. The second kappa shape index (κ2) is 13.4. The van der Waals surface area contributed by atoms with Gasteiger partial charge in [0.05, 0.1) is 0 Å². The SMILES string of the molecule is CCCC(CC)CS[Si](OCC)(OCC)OCC.[N]. The molecule has 0 saturated heterocycles. The van der Waals surface area contributed by atoms with E-state index in [1.54, 1.807) is 11.2 Å². The van der Waals surface area contributed by atoms with Crippen LogP contribution in [-0.2, 0) is 13.3 Å². The van der Waals surface area contributed by atoms with Crippen LogP contribution in [0.5, 0.6) is 0 Å². The molecule has 0 rings (SSSR count). The molecular formula is C13H30NO3SSi. The first-order chi connectivity index (χ1) is 8.67. The average molecular weight is 309 g/mol. The standard InChI is InChI=1S/C13H30O3SSi.N/c1-6-11-13(7-2)12-17-18(14-8-3,15-9-4)16-10-5;/h13H,6-12H2,1-5H3;. The first-order valence-electron chi connectivity index (χ1n) is 7.23. The van der Waals surface area contributed by atoms with Crippen molar-refractivity contribution in [1.82, 2.24) is 6.15 Å². The lowest BCUT2D eigenvalue weighted by atomic mass is 10.0. The van der Waals surface area contributed by atoms with Crippen molar-refractivity contribution in [3.8, 4) is 0 Å². The smallest absolute Gasteiger partial charge is 0.366 e. The van der Waals surface area contributed by atoms with Gasteiger partial charge in [-0.3, -0.25) is 0 Å². The molecule has 0 bridgehead atoms. The van der Waals surface area contributed by atoms with Crippen LogP contribution in [0.2, 0.25) is 0 Å². The van der Waals surface area contributed by atoms with Crippen LogP contribution < -0.4 is 6.15 Å². The van der Waals surface area contributed by atoms with Gasteiger partial charge in [-0.25, -0.2) is 0 Å². The van der Waals surface area contributed by atoms with E-state index in [1.165, 1.54) is 19.3 Å². The summed E-state index contributed by atoms with van der Waals surface area (Å²) in [6.45, 7) is 12.5. The normalized spacial score (nSPS) is 13.1. The first-order valence-corrected chi connectivity index (χ1v) is 10.7. The minimum atomic E-state index is -2.49. The molecule has 0 N–H and O–H groups in total. The summed E-state index contributed by atoms with van der Waals surface area (Å²) in [6.07, 6.45) is 3.74. The van der Waals surface area contributed by atoms with Crippen molar-refractivity contribution in [2.24, 2.45) is 5.92 Å². The highest BCUT2D eigenvalue weighted by atomic mass is 32.4. The Balaban J connectivity index is 0. The van der Waals surface area contributed by atoms with Gasteiger partial charge in [-0.1, -0.05) is 37.9 Å². The number of hydrogen-bond donors (Lipinski definition) is 0. The molecule has 0 heterocycles.